The molecule has 2 rings (SSSR count). The van der Waals surface area contributed by atoms with Gasteiger partial charge in [-0.15, -0.1) is 11.3 Å². The van der Waals surface area contributed by atoms with Crippen LogP contribution in [0.25, 0.3) is 0 Å². The van der Waals surface area contributed by atoms with Crippen molar-refractivity contribution in [1.82, 2.24) is 0 Å². The summed E-state index contributed by atoms with van der Waals surface area (Å²) >= 11 is 1.70. The smallest absolute Gasteiger partial charge is 0.113 e. The molecule has 1 nitrogen and oxygen atoms in total. The summed E-state index contributed by atoms with van der Waals surface area (Å²) in [5, 5.41) is 10.3. The molecule has 0 fully saturated rings. The predicted octanol–water partition coefficient (Wildman–Crippen LogP) is 3.95. The second kappa shape index (κ2) is 5.48. The molecule has 0 aliphatic rings. The Morgan fingerprint density at radius 2 is 1.94 bits per heavy atom. The van der Waals surface area contributed by atoms with E-state index in [1.54, 1.807) is 11.3 Å². The van der Waals surface area contributed by atoms with Gasteiger partial charge in [0.05, 0.1) is 0 Å². The van der Waals surface area contributed by atoms with Gasteiger partial charge in [-0.25, -0.2) is 0 Å². The van der Waals surface area contributed by atoms with Crippen LogP contribution < -0.4 is 0 Å². The van der Waals surface area contributed by atoms with Crippen LogP contribution >= 0.6 is 11.3 Å². The van der Waals surface area contributed by atoms with Crippen LogP contribution in [0.5, 0.6) is 0 Å². The summed E-state index contributed by atoms with van der Waals surface area (Å²) in [5.41, 5.74) is 2.27. The molecular formula is C15H18OS. The SMILES string of the molecule is CCc1cccc(C(O)c2ccc(CC)s2)c1. The summed E-state index contributed by atoms with van der Waals surface area (Å²) < 4.78 is 0. The first-order valence-corrected chi connectivity index (χ1v) is 6.91. The highest BCUT2D eigenvalue weighted by atomic mass is 32.1. The normalized spacial score (nSPS) is 12.6. The van der Waals surface area contributed by atoms with Crippen LogP contribution in [0.1, 0.15) is 40.8 Å². The Morgan fingerprint density at radius 3 is 2.59 bits per heavy atom. The van der Waals surface area contributed by atoms with Crippen LogP contribution in [0.15, 0.2) is 36.4 Å². The lowest BCUT2D eigenvalue weighted by atomic mass is 10.0. The van der Waals surface area contributed by atoms with E-state index in [0.29, 0.717) is 0 Å². The first-order chi connectivity index (χ1) is 8.24. The molecule has 1 N–H and O–H groups in total. The maximum Gasteiger partial charge on any atom is 0.113 e. The number of rotatable bonds is 4. The van der Waals surface area contributed by atoms with Gasteiger partial charge in [0.25, 0.3) is 0 Å². The van der Waals surface area contributed by atoms with E-state index >= 15 is 0 Å². The molecule has 2 aromatic rings. The zero-order valence-electron chi connectivity index (χ0n) is 10.3. The largest absolute Gasteiger partial charge is 0.383 e. The Labute approximate surface area is 107 Å². The minimum atomic E-state index is -0.480. The van der Waals surface area contributed by atoms with Crippen LogP contribution in [-0.4, -0.2) is 5.11 Å². The van der Waals surface area contributed by atoms with Crippen molar-refractivity contribution < 1.29 is 5.11 Å². The molecular weight excluding hydrogens is 228 g/mol. The first-order valence-electron chi connectivity index (χ1n) is 6.10. The van der Waals surface area contributed by atoms with E-state index in [1.807, 2.05) is 18.2 Å². The van der Waals surface area contributed by atoms with Gasteiger partial charge in [0.2, 0.25) is 0 Å². The van der Waals surface area contributed by atoms with Gasteiger partial charge < -0.3 is 5.11 Å². The van der Waals surface area contributed by atoms with E-state index in [1.165, 1.54) is 10.4 Å². The summed E-state index contributed by atoms with van der Waals surface area (Å²) in [6.07, 6.45) is 1.56. The lowest BCUT2D eigenvalue weighted by Gasteiger charge is -2.10. The number of hydrogen-bond donors (Lipinski definition) is 1. The number of aliphatic hydroxyl groups excluding tert-OH is 1. The Morgan fingerprint density at radius 1 is 1.12 bits per heavy atom. The Hall–Kier alpha value is -1.12. The van der Waals surface area contributed by atoms with E-state index in [0.717, 1.165) is 23.3 Å². The van der Waals surface area contributed by atoms with Gasteiger partial charge in [-0.1, -0.05) is 38.1 Å². The summed E-state index contributed by atoms with van der Waals surface area (Å²) in [6.45, 7) is 4.27. The molecule has 0 amide bonds. The van der Waals surface area contributed by atoms with Crippen molar-refractivity contribution in [3.05, 3.63) is 57.3 Å². The molecule has 1 aromatic carbocycles. The molecule has 17 heavy (non-hydrogen) atoms. The van der Waals surface area contributed by atoms with Crippen LogP contribution in [-0.2, 0) is 12.8 Å². The average Bonchev–Trinajstić information content (AvgIpc) is 2.86. The van der Waals surface area contributed by atoms with Crippen molar-refractivity contribution >= 4 is 11.3 Å². The van der Waals surface area contributed by atoms with Gasteiger partial charge in [-0.3, -0.25) is 0 Å². The highest BCUT2D eigenvalue weighted by Gasteiger charge is 2.12. The highest BCUT2D eigenvalue weighted by molar-refractivity contribution is 7.12. The molecule has 0 saturated carbocycles. The summed E-state index contributed by atoms with van der Waals surface area (Å²) in [4.78, 5) is 2.36. The predicted molar refractivity (Wildman–Crippen MR) is 73.6 cm³/mol. The molecule has 0 aliphatic carbocycles. The number of aliphatic hydroxyl groups is 1. The molecule has 0 aliphatic heterocycles. The standard InChI is InChI=1S/C15H18OS/c1-3-11-6-5-7-12(10-11)15(16)14-9-8-13(4-2)17-14/h5-10,15-16H,3-4H2,1-2H3. The minimum absolute atomic E-state index is 0.480. The molecule has 1 unspecified atom stereocenters. The quantitative estimate of drug-likeness (QED) is 0.866. The van der Waals surface area contributed by atoms with E-state index in [4.69, 9.17) is 0 Å². The van der Waals surface area contributed by atoms with Gasteiger partial charge in [0, 0.05) is 9.75 Å². The average molecular weight is 246 g/mol. The van der Waals surface area contributed by atoms with Gasteiger partial charge in [0.1, 0.15) is 6.10 Å². The van der Waals surface area contributed by atoms with E-state index in [9.17, 15) is 5.11 Å². The third-order valence-corrected chi connectivity index (χ3v) is 4.26. The second-order valence-corrected chi connectivity index (χ2v) is 5.36. The van der Waals surface area contributed by atoms with Crippen molar-refractivity contribution in [1.29, 1.82) is 0 Å². The number of hydrogen-bond acceptors (Lipinski definition) is 2. The maximum atomic E-state index is 10.3. The molecule has 0 bridgehead atoms. The van der Waals surface area contributed by atoms with E-state index < -0.39 is 6.10 Å². The monoisotopic (exact) mass is 246 g/mol. The highest BCUT2D eigenvalue weighted by Crippen LogP contribution is 2.29. The third kappa shape index (κ3) is 2.76. The topological polar surface area (TPSA) is 20.2 Å². The van der Waals surface area contributed by atoms with Crippen LogP contribution in [0, 0.1) is 0 Å². The maximum absolute atomic E-state index is 10.3. The fourth-order valence-electron chi connectivity index (χ4n) is 1.88. The number of aryl methyl sites for hydroxylation is 2. The van der Waals surface area contributed by atoms with Crippen molar-refractivity contribution in [2.24, 2.45) is 0 Å². The first kappa shape index (κ1) is 12.3. The van der Waals surface area contributed by atoms with E-state index in [2.05, 4.69) is 32.0 Å². The fraction of sp³-hybridized carbons (Fsp3) is 0.333. The Kier molecular flexibility index (Phi) is 3.97. The molecule has 90 valence electrons. The summed E-state index contributed by atoms with van der Waals surface area (Å²) in [5.74, 6) is 0. The summed E-state index contributed by atoms with van der Waals surface area (Å²) in [7, 11) is 0. The Balaban J connectivity index is 2.26. The lowest BCUT2D eigenvalue weighted by molar-refractivity contribution is 0.224. The third-order valence-electron chi connectivity index (χ3n) is 2.98. The van der Waals surface area contributed by atoms with Crippen molar-refractivity contribution in [2.45, 2.75) is 32.8 Å². The molecule has 2 heteroatoms. The van der Waals surface area contributed by atoms with Crippen LogP contribution in [0.2, 0.25) is 0 Å². The van der Waals surface area contributed by atoms with Gasteiger partial charge in [0.15, 0.2) is 0 Å². The second-order valence-electron chi connectivity index (χ2n) is 4.16. The molecule has 1 aromatic heterocycles. The van der Waals surface area contributed by atoms with Crippen molar-refractivity contribution in [2.75, 3.05) is 0 Å². The van der Waals surface area contributed by atoms with Gasteiger partial charge in [-0.2, -0.15) is 0 Å². The fourth-order valence-corrected chi connectivity index (χ4v) is 2.85. The van der Waals surface area contributed by atoms with Gasteiger partial charge >= 0.3 is 0 Å². The zero-order valence-corrected chi connectivity index (χ0v) is 11.1. The molecule has 0 radical (unpaired) electrons. The molecule has 0 saturated heterocycles. The van der Waals surface area contributed by atoms with E-state index in [-0.39, 0.29) is 0 Å². The number of benzene rings is 1. The van der Waals surface area contributed by atoms with Crippen LogP contribution in [0.3, 0.4) is 0 Å². The van der Waals surface area contributed by atoms with Crippen molar-refractivity contribution in [3.8, 4) is 0 Å². The molecule has 1 atom stereocenters. The number of thiophene rings is 1. The molecule has 1 heterocycles. The zero-order chi connectivity index (χ0) is 12.3. The Bertz CT molecular complexity index is 487. The molecule has 0 spiro atoms. The summed E-state index contributed by atoms with van der Waals surface area (Å²) in [6, 6.07) is 12.3. The minimum Gasteiger partial charge on any atom is -0.383 e. The van der Waals surface area contributed by atoms with Crippen LogP contribution in [0.4, 0.5) is 0 Å². The van der Waals surface area contributed by atoms with Crippen molar-refractivity contribution in [3.63, 3.8) is 0 Å². The lowest BCUT2D eigenvalue weighted by Crippen LogP contribution is -1.97. The van der Waals surface area contributed by atoms with Gasteiger partial charge in [-0.05, 0) is 36.1 Å².